The van der Waals surface area contributed by atoms with Gasteiger partial charge in [-0.25, -0.2) is 17.6 Å². The van der Waals surface area contributed by atoms with Gasteiger partial charge in [-0.1, -0.05) is 58.5 Å². The minimum Gasteiger partial charge on any atom is -0.508 e. The van der Waals surface area contributed by atoms with E-state index < -0.39 is 28.8 Å². The minimum atomic E-state index is -0.791. The Balaban J connectivity index is 0.000000188. The summed E-state index contributed by atoms with van der Waals surface area (Å²) in [4.78, 5) is 25.4. The zero-order valence-corrected chi connectivity index (χ0v) is 38.6. The highest BCUT2D eigenvalue weighted by molar-refractivity contribution is 9.69. The minimum absolute atomic E-state index is 0.0813. The molecule has 6 nitrogen and oxygen atoms in total. The van der Waals surface area contributed by atoms with Crippen LogP contribution in [-0.4, -0.2) is 24.5 Å². The first kappa shape index (κ1) is 46.2. The quantitative estimate of drug-likeness (QED) is 0.138. The molecule has 310 valence electrons. The number of pyridine rings is 2. The number of hydrogen-bond donors (Lipinski definition) is 1. The van der Waals surface area contributed by atoms with Gasteiger partial charge in [0.15, 0.2) is 0 Å². The molecule has 0 aliphatic heterocycles. The van der Waals surface area contributed by atoms with Crippen LogP contribution in [0.1, 0.15) is 0 Å². The molecule has 0 atom stereocenters. The molecule has 2 aromatic heterocycles. The number of ether oxygens (including phenoxy) is 1. The maximum absolute atomic E-state index is 14.5. The van der Waals surface area contributed by atoms with Crippen LogP contribution in [0.5, 0.6) is 11.5 Å². The van der Waals surface area contributed by atoms with Gasteiger partial charge in [-0.2, -0.15) is 0 Å². The zero-order valence-electron chi connectivity index (χ0n) is 30.8. The average molecular weight is 1100 g/mol. The van der Waals surface area contributed by atoms with E-state index in [1.165, 1.54) is 64.8 Å². The number of phenolic OH excluding ortho intramolecular Hbond substituents is 1. The number of benzene rings is 6. The lowest BCUT2D eigenvalue weighted by Gasteiger charge is -2.17. The number of rotatable bonds is 5. The topological polar surface area (TPSA) is 73.5 Å². The van der Waals surface area contributed by atoms with Crippen molar-refractivity contribution in [2.75, 3.05) is 7.11 Å². The molecule has 0 fully saturated rings. The second-order valence-corrected chi connectivity index (χ2v) is 20.7. The fourth-order valence-electron chi connectivity index (χ4n) is 6.50. The van der Waals surface area contributed by atoms with Gasteiger partial charge in [0.1, 0.15) is 34.8 Å². The molecule has 0 radical (unpaired) electrons. The molecule has 0 unspecified atom stereocenters. The monoisotopic (exact) mass is 1100 g/mol. The zero-order chi connectivity index (χ0) is 44.3. The van der Waals surface area contributed by atoms with Crippen molar-refractivity contribution >= 4 is 119 Å². The third-order valence-corrected chi connectivity index (χ3v) is 10.2. The van der Waals surface area contributed by atoms with E-state index in [1.807, 2.05) is 0 Å². The molecule has 8 rings (SSSR count). The Hall–Kier alpha value is -4.28. The molecular formula is C43H24BBr3Cl4F4N2O4. The van der Waals surface area contributed by atoms with Gasteiger partial charge in [-0.05, 0) is 83.9 Å². The number of halogens is 11. The number of phenols is 1. The van der Waals surface area contributed by atoms with Crippen molar-refractivity contribution in [1.82, 2.24) is 9.13 Å². The second-order valence-electron chi connectivity index (χ2n) is 12.7. The van der Waals surface area contributed by atoms with Gasteiger partial charge < -0.3 is 9.84 Å². The van der Waals surface area contributed by atoms with Crippen LogP contribution in [0.3, 0.4) is 0 Å². The maximum atomic E-state index is 14.5. The first-order valence-corrected chi connectivity index (χ1v) is 21.6. The largest absolute Gasteiger partial charge is 0.508 e. The highest BCUT2D eigenvalue weighted by atomic mass is 79.9. The number of fused-ring (bicyclic) bond motifs is 2. The summed E-state index contributed by atoms with van der Waals surface area (Å²) < 4.78 is 63.9. The molecule has 0 saturated heterocycles. The van der Waals surface area contributed by atoms with Crippen LogP contribution < -0.4 is 15.9 Å². The van der Waals surface area contributed by atoms with E-state index in [-0.39, 0.29) is 56.9 Å². The van der Waals surface area contributed by atoms with E-state index >= 15 is 0 Å². The Morgan fingerprint density at radius 2 is 0.934 bits per heavy atom. The van der Waals surface area contributed by atoms with Crippen LogP contribution >= 0.6 is 93.7 Å². The lowest BCUT2D eigenvalue weighted by Crippen LogP contribution is -2.18. The summed E-state index contributed by atoms with van der Waals surface area (Å²) in [6, 6.07) is 27.9. The van der Waals surface area contributed by atoms with Gasteiger partial charge in [-0.15, -0.1) is 47.3 Å². The molecule has 0 aliphatic carbocycles. The predicted molar refractivity (Wildman–Crippen MR) is 251 cm³/mol. The van der Waals surface area contributed by atoms with Gasteiger partial charge in [0.25, 0.3) is 11.1 Å². The Bertz CT molecular complexity index is 3060. The Labute approximate surface area is 389 Å². The Morgan fingerprint density at radius 1 is 0.541 bits per heavy atom. The molecule has 6 aromatic carbocycles. The molecule has 0 bridgehead atoms. The molecule has 8 aromatic rings. The fraction of sp³-hybridized carbons (Fsp3) is 0.0233. The Kier molecular flexibility index (Phi) is 15.0. The SMILES string of the molecule is BrB(Br)Br.COc1cc(-c2ccc(F)cc2F)c2ccc(=O)n(-c3c(Cl)cccc3Cl)c2c1.O=c1ccc2c(-c3ccc(F)cc3F)cc(O)cc2n1-c1c(Cl)cccc1Cl. The molecule has 61 heavy (non-hydrogen) atoms. The number of aromatic hydroxyl groups is 1. The number of methoxy groups -OCH3 is 1. The molecule has 1 N–H and O–H groups in total. The van der Waals surface area contributed by atoms with Crippen LogP contribution in [0.2, 0.25) is 20.1 Å². The highest BCUT2D eigenvalue weighted by Gasteiger charge is 2.20. The van der Waals surface area contributed by atoms with Crippen LogP contribution in [0.4, 0.5) is 17.6 Å². The van der Waals surface area contributed by atoms with E-state index in [9.17, 15) is 32.3 Å². The van der Waals surface area contributed by atoms with Crippen molar-refractivity contribution in [3.05, 3.63) is 185 Å². The van der Waals surface area contributed by atoms with Crippen LogP contribution in [-0.2, 0) is 0 Å². The van der Waals surface area contributed by atoms with E-state index in [0.717, 1.165) is 18.2 Å². The summed E-state index contributed by atoms with van der Waals surface area (Å²) in [5.74, 6) is -2.73. The van der Waals surface area contributed by atoms with Gasteiger partial charge in [0.2, 0.25) is 0 Å². The number of nitrogens with zero attached hydrogens (tertiary/aromatic N) is 2. The summed E-state index contributed by atoms with van der Waals surface area (Å²) in [5, 5.41) is 12.3. The summed E-state index contributed by atoms with van der Waals surface area (Å²) in [6.07, 6.45) is 0. The number of aromatic nitrogens is 2. The molecule has 2 heterocycles. The summed E-state index contributed by atoms with van der Waals surface area (Å²) in [6.45, 7) is 0. The van der Waals surface area contributed by atoms with Crippen molar-refractivity contribution in [3.8, 4) is 45.1 Å². The molecule has 0 aliphatic rings. The average Bonchev–Trinajstić information content (AvgIpc) is 3.19. The van der Waals surface area contributed by atoms with Crippen molar-refractivity contribution in [2.24, 2.45) is 0 Å². The normalized spacial score (nSPS) is 10.8. The maximum Gasteiger partial charge on any atom is 0.369 e. The van der Waals surface area contributed by atoms with Gasteiger partial charge >= 0.3 is 3.18 Å². The third-order valence-electron chi connectivity index (χ3n) is 8.98. The van der Waals surface area contributed by atoms with Crippen LogP contribution in [0, 0.1) is 23.3 Å². The van der Waals surface area contributed by atoms with Gasteiger partial charge in [-0.3, -0.25) is 18.7 Å². The molecular weight excluding hydrogens is 1080 g/mol. The molecule has 0 amide bonds. The van der Waals surface area contributed by atoms with Crippen molar-refractivity contribution in [1.29, 1.82) is 0 Å². The number of hydrogen-bond acceptors (Lipinski definition) is 4. The van der Waals surface area contributed by atoms with E-state index in [4.69, 9.17) is 51.1 Å². The van der Waals surface area contributed by atoms with Crippen LogP contribution in [0.25, 0.3) is 55.4 Å². The van der Waals surface area contributed by atoms with Crippen molar-refractivity contribution in [2.45, 2.75) is 0 Å². The van der Waals surface area contributed by atoms with E-state index in [2.05, 4.69) is 47.3 Å². The predicted octanol–water partition coefficient (Wildman–Crippen LogP) is 14.4. The second kappa shape index (κ2) is 19.8. The van der Waals surface area contributed by atoms with Gasteiger partial charge in [0.05, 0.1) is 49.6 Å². The summed E-state index contributed by atoms with van der Waals surface area (Å²) in [7, 11) is 1.46. The van der Waals surface area contributed by atoms with E-state index in [0.29, 0.717) is 38.9 Å². The highest BCUT2D eigenvalue weighted by Crippen LogP contribution is 2.39. The smallest absolute Gasteiger partial charge is 0.369 e. The van der Waals surface area contributed by atoms with Gasteiger partial charge in [0, 0.05) is 58.3 Å². The third kappa shape index (κ3) is 10.2. The molecule has 18 heteroatoms. The number of para-hydroxylation sites is 2. The summed E-state index contributed by atoms with van der Waals surface area (Å²) in [5.41, 5.74) is 1.45. The standard InChI is InChI=1S/C22H13Cl2F2NO2.C21H11Cl2F2NO2.BBr3/c1-29-13-10-16(14-6-5-12(25)9-19(14)26)15-7-8-21(28)27(20(15)11-13)22-17(23)3-2-4-18(22)24;22-16-2-1-3-17(23)21(16)26-19-10-12(27)9-15(14(19)6-7-20(26)28)13-5-4-11(24)8-18(13)25;2-1(3)4/h2-11H,1H3;1-10,27H;. The Morgan fingerprint density at radius 3 is 1.33 bits per heavy atom. The fourth-order valence-corrected chi connectivity index (χ4v) is 7.63. The first-order chi connectivity index (χ1) is 29.0. The molecule has 0 saturated carbocycles. The lowest BCUT2D eigenvalue weighted by molar-refractivity contribution is 0.415. The van der Waals surface area contributed by atoms with E-state index in [1.54, 1.807) is 54.6 Å². The molecule has 0 spiro atoms. The van der Waals surface area contributed by atoms with Crippen molar-refractivity contribution in [3.63, 3.8) is 0 Å². The summed E-state index contributed by atoms with van der Waals surface area (Å²) >= 11 is 34.5. The lowest BCUT2D eigenvalue weighted by atomic mass is 9.99. The first-order valence-electron chi connectivity index (χ1n) is 17.3. The van der Waals surface area contributed by atoms with Crippen molar-refractivity contribution < 1.29 is 27.4 Å². The van der Waals surface area contributed by atoms with Crippen LogP contribution in [0.15, 0.2) is 131 Å².